The number of esters is 2. The van der Waals surface area contributed by atoms with Gasteiger partial charge in [-0.1, -0.05) is 25.8 Å². The van der Waals surface area contributed by atoms with Crippen LogP contribution in [-0.2, 0) is 29.1 Å². The average molecular weight is 402 g/mol. The van der Waals surface area contributed by atoms with Crippen molar-refractivity contribution in [2.75, 3.05) is 6.61 Å². The van der Waals surface area contributed by atoms with Crippen molar-refractivity contribution in [3.05, 3.63) is 12.7 Å². The summed E-state index contributed by atoms with van der Waals surface area (Å²) in [6, 6.07) is -0.264. The maximum Gasteiger partial charge on any atom is 0.344 e. The molecule has 0 N–H and O–H groups in total. The van der Waals surface area contributed by atoms with Gasteiger partial charge in [-0.15, -0.1) is 11.8 Å². The van der Waals surface area contributed by atoms with Crippen molar-refractivity contribution < 1.29 is 27.5 Å². The molecule has 0 spiro atoms. The summed E-state index contributed by atoms with van der Waals surface area (Å²) < 4.78 is 38.2. The quantitative estimate of drug-likeness (QED) is 0.505. The van der Waals surface area contributed by atoms with E-state index in [-0.39, 0.29) is 27.8 Å². The zero-order valence-electron chi connectivity index (χ0n) is 14.4. The van der Waals surface area contributed by atoms with Crippen LogP contribution >= 0.6 is 11.8 Å². The van der Waals surface area contributed by atoms with Crippen LogP contribution in [-0.4, -0.2) is 65.2 Å². The minimum absolute atomic E-state index is 0.00239. The second-order valence-electron chi connectivity index (χ2n) is 7.34. The van der Waals surface area contributed by atoms with Crippen molar-refractivity contribution in [1.29, 1.82) is 0 Å². The third kappa shape index (κ3) is 2.88. The van der Waals surface area contributed by atoms with Gasteiger partial charge < -0.3 is 9.47 Å². The molecule has 1 saturated carbocycles. The molecule has 3 saturated heterocycles. The van der Waals surface area contributed by atoms with Crippen LogP contribution in [0.5, 0.6) is 0 Å². The highest BCUT2D eigenvalue weighted by Gasteiger charge is 2.69. The van der Waals surface area contributed by atoms with Crippen molar-refractivity contribution in [2.45, 2.75) is 72.5 Å². The number of hydrogen-bond acceptors (Lipinski definition) is 7. The lowest BCUT2D eigenvalue weighted by Crippen LogP contribution is -2.51. The second kappa shape index (κ2) is 6.83. The molecule has 4 rings (SSSR count). The molecular weight excluding hydrogens is 378 g/mol. The highest BCUT2D eigenvalue weighted by molar-refractivity contribution is 8.03. The van der Waals surface area contributed by atoms with Crippen molar-refractivity contribution in [1.82, 2.24) is 4.31 Å². The first-order chi connectivity index (χ1) is 12.4. The Kier molecular flexibility index (Phi) is 4.81. The summed E-state index contributed by atoms with van der Waals surface area (Å²) >= 11 is 1.64. The van der Waals surface area contributed by atoms with E-state index in [0.29, 0.717) is 6.42 Å². The number of rotatable bonds is 5. The molecule has 7 nitrogen and oxygen atoms in total. The van der Waals surface area contributed by atoms with E-state index in [1.165, 1.54) is 0 Å². The highest BCUT2D eigenvalue weighted by atomic mass is 32.2. The van der Waals surface area contributed by atoms with Gasteiger partial charge in [-0.3, -0.25) is 0 Å². The van der Waals surface area contributed by atoms with Gasteiger partial charge in [-0.05, 0) is 19.3 Å². The van der Waals surface area contributed by atoms with Crippen LogP contribution in [0.4, 0.5) is 0 Å². The number of sulfonamides is 1. The molecule has 0 amide bonds. The van der Waals surface area contributed by atoms with Gasteiger partial charge in [-0.25, -0.2) is 18.0 Å². The number of hydrogen-bond donors (Lipinski definition) is 0. The largest absolute Gasteiger partial charge is 0.457 e. The highest BCUT2D eigenvalue weighted by Crippen LogP contribution is 2.58. The molecule has 0 aromatic heterocycles. The normalized spacial score (nSPS) is 38.2. The second-order valence-corrected chi connectivity index (χ2v) is 10.8. The van der Waals surface area contributed by atoms with Gasteiger partial charge >= 0.3 is 11.9 Å². The van der Waals surface area contributed by atoms with Crippen LogP contribution in [0, 0.1) is 0 Å². The van der Waals surface area contributed by atoms with Crippen LogP contribution < -0.4 is 0 Å². The summed E-state index contributed by atoms with van der Waals surface area (Å²) in [5.74, 6) is -1.32. The van der Waals surface area contributed by atoms with Gasteiger partial charge in [0, 0.05) is 22.6 Å². The van der Waals surface area contributed by atoms with E-state index in [0.717, 1.165) is 38.2 Å². The fraction of sp³-hybridized carbons (Fsp3) is 0.765. The topological polar surface area (TPSA) is 90.0 Å². The van der Waals surface area contributed by atoms with E-state index in [2.05, 4.69) is 6.58 Å². The molecule has 3 aliphatic heterocycles. The Morgan fingerprint density at radius 1 is 1.23 bits per heavy atom. The molecule has 2 bridgehead atoms. The zero-order valence-corrected chi connectivity index (χ0v) is 16.0. The number of carbonyl (C=O) groups is 2. The standard InChI is InChI=1S/C17H23NO6S2/c1-2-13(19)23-9-14(20)24-16-11-8-12-17(25-11)15(16)18(26(12,21)22)10-6-4-3-5-7-10/h2,10-12,15-17H,1,3-9H2. The van der Waals surface area contributed by atoms with Crippen LogP contribution in [0.25, 0.3) is 0 Å². The lowest BCUT2D eigenvalue weighted by molar-refractivity contribution is -0.162. The molecule has 26 heavy (non-hydrogen) atoms. The predicted octanol–water partition coefficient (Wildman–Crippen LogP) is 1.23. The Balaban J connectivity index is 1.52. The third-order valence-corrected chi connectivity index (χ3v) is 10.2. The number of thioether (sulfide) groups is 1. The minimum atomic E-state index is -3.35. The number of carbonyl (C=O) groups excluding carboxylic acids is 2. The summed E-state index contributed by atoms with van der Waals surface area (Å²) in [6.07, 6.45) is 6.03. The summed E-state index contributed by atoms with van der Waals surface area (Å²) in [5, 5.41) is -0.379. The van der Waals surface area contributed by atoms with E-state index < -0.39 is 34.7 Å². The van der Waals surface area contributed by atoms with Crippen molar-refractivity contribution >= 4 is 33.7 Å². The van der Waals surface area contributed by atoms with E-state index in [1.54, 1.807) is 16.1 Å². The zero-order chi connectivity index (χ0) is 18.5. The molecule has 4 fully saturated rings. The lowest BCUT2D eigenvalue weighted by Gasteiger charge is -2.35. The van der Waals surface area contributed by atoms with Crippen molar-refractivity contribution in [2.24, 2.45) is 0 Å². The Bertz CT molecular complexity index is 717. The Labute approximate surface area is 157 Å². The summed E-state index contributed by atoms with van der Waals surface area (Å²) in [4.78, 5) is 23.2. The molecule has 9 heteroatoms. The predicted molar refractivity (Wildman–Crippen MR) is 96.0 cm³/mol. The maximum atomic E-state index is 13.1. The molecule has 0 radical (unpaired) electrons. The van der Waals surface area contributed by atoms with Gasteiger partial charge in [0.15, 0.2) is 6.61 Å². The smallest absolute Gasteiger partial charge is 0.344 e. The molecular formula is C17H23NO6S2. The van der Waals surface area contributed by atoms with E-state index in [4.69, 9.17) is 9.47 Å². The molecule has 4 aliphatic rings. The van der Waals surface area contributed by atoms with Crippen LogP contribution in [0.15, 0.2) is 12.7 Å². The minimum Gasteiger partial charge on any atom is -0.457 e. The van der Waals surface area contributed by atoms with E-state index in [1.807, 2.05) is 0 Å². The Morgan fingerprint density at radius 2 is 1.96 bits per heavy atom. The van der Waals surface area contributed by atoms with E-state index >= 15 is 0 Å². The first-order valence-corrected chi connectivity index (χ1v) is 11.5. The van der Waals surface area contributed by atoms with Gasteiger partial charge in [0.1, 0.15) is 6.10 Å². The first kappa shape index (κ1) is 18.3. The van der Waals surface area contributed by atoms with E-state index in [9.17, 15) is 18.0 Å². The van der Waals surface area contributed by atoms with Gasteiger partial charge in [0.25, 0.3) is 0 Å². The number of ether oxygens (including phenoxy) is 2. The van der Waals surface area contributed by atoms with Crippen LogP contribution in [0.3, 0.4) is 0 Å². The van der Waals surface area contributed by atoms with Gasteiger partial charge in [0.2, 0.25) is 10.0 Å². The van der Waals surface area contributed by atoms with Gasteiger partial charge in [0.05, 0.1) is 11.3 Å². The fourth-order valence-corrected chi connectivity index (χ4v) is 9.96. The monoisotopic (exact) mass is 401 g/mol. The number of nitrogens with zero attached hydrogens (tertiary/aromatic N) is 1. The Morgan fingerprint density at radius 3 is 2.65 bits per heavy atom. The molecule has 5 unspecified atom stereocenters. The maximum absolute atomic E-state index is 13.1. The summed E-state index contributed by atoms with van der Waals surface area (Å²) in [6.45, 7) is 2.80. The van der Waals surface area contributed by atoms with Crippen molar-refractivity contribution in [3.63, 3.8) is 0 Å². The molecule has 0 aromatic carbocycles. The third-order valence-electron chi connectivity index (χ3n) is 5.87. The number of fused-ring (bicyclic) bond motifs is 1. The van der Waals surface area contributed by atoms with Gasteiger partial charge in [-0.2, -0.15) is 4.31 Å². The van der Waals surface area contributed by atoms with Crippen LogP contribution in [0.2, 0.25) is 0 Å². The molecule has 1 aliphatic carbocycles. The summed E-state index contributed by atoms with van der Waals surface area (Å²) in [5.41, 5.74) is 0. The fourth-order valence-electron chi connectivity index (χ4n) is 4.84. The Hall–Kier alpha value is -1.06. The molecule has 144 valence electrons. The molecule has 3 heterocycles. The van der Waals surface area contributed by atoms with Crippen molar-refractivity contribution in [3.8, 4) is 0 Å². The SMILES string of the molecule is C=CC(=O)OCC(=O)OC1C2CC3C(S2)C1N(C1CCCCC1)S3(=O)=O. The summed E-state index contributed by atoms with van der Waals surface area (Å²) in [7, 11) is -3.35. The lowest BCUT2D eigenvalue weighted by atomic mass is 9.89. The van der Waals surface area contributed by atoms with Crippen LogP contribution in [0.1, 0.15) is 38.5 Å². The molecule has 5 atom stereocenters. The first-order valence-electron chi connectivity index (χ1n) is 9.10. The average Bonchev–Trinajstić information content (AvgIpc) is 3.24. The molecule has 0 aromatic rings.